The van der Waals surface area contributed by atoms with Crippen molar-refractivity contribution in [2.24, 2.45) is 0 Å². The first-order valence-corrected chi connectivity index (χ1v) is 16.5. The molecule has 2 aliphatic heterocycles. The molecule has 2 aliphatic rings. The molecule has 1 unspecified atom stereocenters. The summed E-state index contributed by atoms with van der Waals surface area (Å²) in [5.41, 5.74) is 1.44. The molecule has 0 radical (unpaired) electrons. The molecule has 5 rings (SSSR count). The van der Waals surface area contributed by atoms with Crippen LogP contribution >= 0.6 is 11.6 Å². The lowest BCUT2D eigenvalue weighted by atomic mass is 9.85. The number of aromatic nitrogens is 2. The van der Waals surface area contributed by atoms with Gasteiger partial charge in [-0.15, -0.1) is 0 Å². The van der Waals surface area contributed by atoms with E-state index in [2.05, 4.69) is 46.9 Å². The van der Waals surface area contributed by atoms with Crippen molar-refractivity contribution in [2.75, 3.05) is 0 Å². The van der Waals surface area contributed by atoms with Gasteiger partial charge in [0.25, 0.3) is 5.56 Å². The van der Waals surface area contributed by atoms with Crippen molar-refractivity contribution in [1.29, 1.82) is 0 Å². The summed E-state index contributed by atoms with van der Waals surface area (Å²) in [6, 6.07) is 7.71. The largest absolute Gasteiger partial charge is 0.543 e. The lowest BCUT2D eigenvalue weighted by Gasteiger charge is -2.36. The number of carbonyl (C=O) groups is 2. The Hall–Kier alpha value is -3.17. The monoisotopic (exact) mass is 568 g/mol. The summed E-state index contributed by atoms with van der Waals surface area (Å²) in [4.78, 5) is 43.4. The van der Waals surface area contributed by atoms with Crippen LogP contribution < -0.4 is 9.99 Å². The maximum Gasteiger partial charge on any atom is 0.405 e. The van der Waals surface area contributed by atoms with Crippen molar-refractivity contribution >= 4 is 42.2 Å². The van der Waals surface area contributed by atoms with E-state index < -0.39 is 25.3 Å². The van der Waals surface area contributed by atoms with E-state index in [-0.39, 0.29) is 29.2 Å². The molecule has 0 amide bonds. The van der Waals surface area contributed by atoms with Crippen LogP contribution in [-0.4, -0.2) is 29.3 Å². The Morgan fingerprint density at radius 2 is 1.90 bits per heavy atom. The Balaban J connectivity index is 1.70. The van der Waals surface area contributed by atoms with Gasteiger partial charge in [-0.1, -0.05) is 34.6 Å². The Bertz CT molecular complexity index is 1610. The SMILES string of the molecule is CCc1c2c(nc3ccc(O[Si](C)(C)C(C)(C)C)cc13)-c1cc3c(c(=O)n1C2)COC(=O)C3(CC)OC(=O)Cl. The van der Waals surface area contributed by atoms with Gasteiger partial charge in [-0.3, -0.25) is 4.79 Å². The Morgan fingerprint density at radius 3 is 2.51 bits per heavy atom. The number of benzene rings is 1. The van der Waals surface area contributed by atoms with Gasteiger partial charge in [-0.25, -0.2) is 14.6 Å². The maximum atomic E-state index is 13.7. The number of cyclic esters (lactones) is 1. The first kappa shape index (κ1) is 27.4. The first-order valence-electron chi connectivity index (χ1n) is 13.2. The van der Waals surface area contributed by atoms with Gasteiger partial charge in [0.15, 0.2) is 0 Å². The topological polar surface area (TPSA) is 96.7 Å². The van der Waals surface area contributed by atoms with Crippen molar-refractivity contribution in [2.45, 2.75) is 84.3 Å². The zero-order valence-corrected chi connectivity index (χ0v) is 25.1. The standard InChI is InChI=1S/C29H33ClN2O6Si/c1-8-17-18-12-16(38-39(6,7)28(3,4)5)10-11-22(18)31-24-19(17)14-32-23(24)13-21-20(25(32)33)15-36-26(34)29(21,9-2)37-27(30)35/h10-13H,8-9,14-15H2,1-7H3. The van der Waals surface area contributed by atoms with Gasteiger partial charge >= 0.3 is 11.4 Å². The summed E-state index contributed by atoms with van der Waals surface area (Å²) < 4.78 is 18.9. The molecule has 1 aromatic carbocycles. The molecular weight excluding hydrogens is 536 g/mol. The van der Waals surface area contributed by atoms with Crippen LogP contribution in [0.15, 0.2) is 29.1 Å². The third kappa shape index (κ3) is 4.17. The van der Waals surface area contributed by atoms with E-state index in [1.54, 1.807) is 17.6 Å². The number of pyridine rings is 2. The highest BCUT2D eigenvalue weighted by Gasteiger charge is 2.50. The second kappa shape index (κ2) is 9.20. The van der Waals surface area contributed by atoms with E-state index in [1.165, 1.54) is 0 Å². The zero-order valence-electron chi connectivity index (χ0n) is 23.4. The highest BCUT2D eigenvalue weighted by atomic mass is 35.5. The van der Waals surface area contributed by atoms with Gasteiger partial charge in [-0.2, -0.15) is 0 Å². The van der Waals surface area contributed by atoms with Gasteiger partial charge in [0.05, 0.1) is 29.0 Å². The number of ether oxygens (including phenoxy) is 2. The predicted molar refractivity (Wildman–Crippen MR) is 152 cm³/mol. The number of nitrogens with zero attached hydrogens (tertiary/aromatic N) is 2. The van der Waals surface area contributed by atoms with E-state index in [1.807, 2.05) is 12.1 Å². The Labute approximate surface area is 233 Å². The minimum Gasteiger partial charge on any atom is -0.543 e. The summed E-state index contributed by atoms with van der Waals surface area (Å²) in [6.07, 6.45) is 0.799. The van der Waals surface area contributed by atoms with Crippen LogP contribution in [-0.2, 0) is 39.4 Å². The van der Waals surface area contributed by atoms with Crippen molar-refractivity contribution in [3.05, 3.63) is 56.9 Å². The fourth-order valence-corrected chi connectivity index (χ4v) is 6.50. The predicted octanol–water partition coefficient (Wildman–Crippen LogP) is 6.41. The van der Waals surface area contributed by atoms with E-state index in [4.69, 9.17) is 30.5 Å². The highest BCUT2D eigenvalue weighted by molar-refractivity contribution is 6.74. The van der Waals surface area contributed by atoms with Crippen LogP contribution in [0.5, 0.6) is 5.75 Å². The quantitative estimate of drug-likeness (QED) is 0.156. The van der Waals surface area contributed by atoms with E-state index in [0.717, 1.165) is 34.2 Å². The fraction of sp³-hybridized carbons (Fsp3) is 0.448. The number of rotatable bonds is 5. The number of hydrogen-bond acceptors (Lipinski definition) is 7. The number of hydrogen-bond donors (Lipinski definition) is 0. The molecule has 0 saturated carbocycles. The summed E-state index contributed by atoms with van der Waals surface area (Å²) in [5.74, 6) is 0.0732. The average Bonchev–Trinajstić information content (AvgIpc) is 3.22. The van der Waals surface area contributed by atoms with Crippen LogP contribution in [0.4, 0.5) is 4.79 Å². The Kier molecular flexibility index (Phi) is 6.46. The molecule has 3 aromatic rings. The molecule has 10 heteroatoms. The highest BCUT2D eigenvalue weighted by Crippen LogP contribution is 2.43. The maximum absolute atomic E-state index is 13.7. The van der Waals surface area contributed by atoms with Crippen molar-refractivity contribution in [3.63, 3.8) is 0 Å². The Morgan fingerprint density at radius 1 is 1.18 bits per heavy atom. The minimum atomic E-state index is -2.04. The molecule has 1 atom stereocenters. The van der Waals surface area contributed by atoms with E-state index in [0.29, 0.717) is 23.5 Å². The fourth-order valence-electron chi connectivity index (χ4n) is 5.35. The van der Waals surface area contributed by atoms with Gasteiger partial charge in [0.1, 0.15) is 12.4 Å². The van der Waals surface area contributed by atoms with Gasteiger partial charge in [0.2, 0.25) is 13.9 Å². The molecule has 206 valence electrons. The molecular formula is C29H33ClN2O6Si. The number of halogens is 1. The number of carbonyl (C=O) groups excluding carboxylic acids is 2. The summed E-state index contributed by atoms with van der Waals surface area (Å²) in [5, 5.41) is 1.06. The van der Waals surface area contributed by atoms with Crippen LogP contribution in [0, 0.1) is 0 Å². The van der Waals surface area contributed by atoms with E-state index in [9.17, 15) is 14.4 Å². The third-order valence-corrected chi connectivity index (χ3v) is 13.0. The van der Waals surface area contributed by atoms with Gasteiger partial charge < -0.3 is 18.5 Å². The van der Waals surface area contributed by atoms with Crippen LogP contribution in [0.1, 0.15) is 63.3 Å². The lowest BCUT2D eigenvalue weighted by Crippen LogP contribution is -2.46. The molecule has 0 spiro atoms. The van der Waals surface area contributed by atoms with Crippen molar-refractivity contribution in [3.8, 4) is 17.1 Å². The molecule has 0 saturated heterocycles. The number of fused-ring (bicyclic) bond motifs is 5. The molecule has 0 bridgehead atoms. The van der Waals surface area contributed by atoms with E-state index >= 15 is 0 Å². The molecule has 39 heavy (non-hydrogen) atoms. The number of esters is 1. The van der Waals surface area contributed by atoms with Crippen molar-refractivity contribution in [1.82, 2.24) is 9.55 Å². The summed E-state index contributed by atoms with van der Waals surface area (Å²) >= 11 is 5.56. The molecule has 2 aromatic heterocycles. The molecule has 0 aliphatic carbocycles. The first-order chi connectivity index (χ1) is 18.2. The third-order valence-electron chi connectivity index (χ3n) is 8.53. The zero-order chi connectivity index (χ0) is 28.5. The molecule has 0 fully saturated rings. The second-order valence-electron chi connectivity index (χ2n) is 11.7. The second-order valence-corrected chi connectivity index (χ2v) is 16.8. The van der Waals surface area contributed by atoms with Gasteiger partial charge in [-0.05, 0) is 60.8 Å². The summed E-state index contributed by atoms with van der Waals surface area (Å²) in [7, 11) is -2.04. The summed E-state index contributed by atoms with van der Waals surface area (Å²) in [6.45, 7) is 15.0. The smallest absolute Gasteiger partial charge is 0.405 e. The van der Waals surface area contributed by atoms with Crippen molar-refractivity contribution < 1.29 is 23.5 Å². The van der Waals surface area contributed by atoms with Crippen LogP contribution in [0.2, 0.25) is 18.1 Å². The van der Waals surface area contributed by atoms with Gasteiger partial charge in [0, 0.05) is 28.1 Å². The molecule has 0 N–H and O–H groups in total. The normalized spacial score (nSPS) is 18.3. The lowest BCUT2D eigenvalue weighted by molar-refractivity contribution is -0.171. The minimum absolute atomic E-state index is 0.0598. The van der Waals surface area contributed by atoms with Crippen LogP contribution in [0.3, 0.4) is 0 Å². The molecule has 4 heterocycles. The molecule has 8 nitrogen and oxygen atoms in total. The van der Waals surface area contributed by atoms with Crippen LogP contribution in [0.25, 0.3) is 22.3 Å². The average molecular weight is 569 g/mol. The number of aryl methyl sites for hydroxylation is 1.